The number of rotatable bonds is 1. The molecule has 96 valence electrons. The van der Waals surface area contributed by atoms with Gasteiger partial charge in [-0.2, -0.15) is 4.57 Å². The van der Waals surface area contributed by atoms with Gasteiger partial charge in [-0.1, -0.05) is 6.07 Å². The van der Waals surface area contributed by atoms with Gasteiger partial charge in [0.25, 0.3) is 0 Å². The number of hydrogen-bond acceptors (Lipinski definition) is 0. The Balaban J connectivity index is 2.16. The van der Waals surface area contributed by atoms with E-state index in [0.717, 1.165) is 6.54 Å². The van der Waals surface area contributed by atoms with Crippen LogP contribution in [0.25, 0.3) is 21.8 Å². The minimum Gasteiger partial charge on any atom is -0.353 e. The van der Waals surface area contributed by atoms with Gasteiger partial charge in [0.15, 0.2) is 6.20 Å². The summed E-state index contributed by atoms with van der Waals surface area (Å²) in [5, 5.41) is 2.77. The molecule has 0 saturated carbocycles. The van der Waals surface area contributed by atoms with Crippen molar-refractivity contribution >= 4 is 21.8 Å². The van der Waals surface area contributed by atoms with Crippen LogP contribution in [0.4, 0.5) is 0 Å². The van der Waals surface area contributed by atoms with Gasteiger partial charge in [0.1, 0.15) is 12.1 Å². The summed E-state index contributed by atoms with van der Waals surface area (Å²) in [6.07, 6.45) is 7.29. The molecule has 0 radical (unpaired) electrons. The molecule has 1 aliphatic rings. The van der Waals surface area contributed by atoms with Crippen molar-refractivity contribution in [1.82, 2.24) is 4.98 Å². The van der Waals surface area contributed by atoms with Crippen LogP contribution in [0.1, 0.15) is 31.0 Å². The van der Waals surface area contributed by atoms with E-state index in [1.54, 1.807) is 5.56 Å². The maximum absolute atomic E-state index is 3.71. The van der Waals surface area contributed by atoms with Crippen molar-refractivity contribution in [3.63, 3.8) is 0 Å². The fourth-order valence-electron chi connectivity index (χ4n) is 3.51. The van der Waals surface area contributed by atoms with Gasteiger partial charge in [0, 0.05) is 22.5 Å². The summed E-state index contributed by atoms with van der Waals surface area (Å²) in [5.74, 6) is 0. The zero-order valence-corrected chi connectivity index (χ0v) is 11.4. The second-order valence-corrected chi connectivity index (χ2v) is 5.51. The average molecular weight is 251 g/mol. The molecule has 0 spiro atoms. The Labute approximate surface area is 113 Å². The van der Waals surface area contributed by atoms with Gasteiger partial charge < -0.3 is 4.98 Å². The van der Waals surface area contributed by atoms with Gasteiger partial charge in [0.2, 0.25) is 5.52 Å². The lowest BCUT2D eigenvalue weighted by Gasteiger charge is -2.10. The highest BCUT2D eigenvalue weighted by molar-refractivity contribution is 6.03. The quantitative estimate of drug-likeness (QED) is 0.639. The summed E-state index contributed by atoms with van der Waals surface area (Å²) in [6, 6.07) is 8.92. The van der Waals surface area contributed by atoms with E-state index in [2.05, 4.69) is 46.9 Å². The Morgan fingerprint density at radius 1 is 1.16 bits per heavy atom. The smallest absolute Gasteiger partial charge is 0.236 e. The van der Waals surface area contributed by atoms with Crippen molar-refractivity contribution in [2.24, 2.45) is 0 Å². The summed E-state index contributed by atoms with van der Waals surface area (Å²) in [7, 11) is 0. The van der Waals surface area contributed by atoms with Crippen LogP contribution in [0.3, 0.4) is 0 Å². The Morgan fingerprint density at radius 2 is 2.05 bits per heavy atom. The topological polar surface area (TPSA) is 19.7 Å². The number of nitrogens with zero attached hydrogens (tertiary/aromatic N) is 1. The number of benzene rings is 1. The highest BCUT2D eigenvalue weighted by atomic mass is 15.0. The van der Waals surface area contributed by atoms with Crippen LogP contribution in [0, 0.1) is 0 Å². The van der Waals surface area contributed by atoms with E-state index in [1.807, 2.05) is 0 Å². The molecule has 0 aliphatic heterocycles. The summed E-state index contributed by atoms with van der Waals surface area (Å²) in [5.41, 5.74) is 5.73. The van der Waals surface area contributed by atoms with Gasteiger partial charge in [-0.3, -0.25) is 0 Å². The third kappa shape index (κ3) is 1.52. The predicted molar refractivity (Wildman–Crippen MR) is 78.3 cm³/mol. The van der Waals surface area contributed by atoms with Crippen LogP contribution in [0.15, 0.2) is 30.5 Å². The largest absolute Gasteiger partial charge is 0.353 e. The average Bonchev–Trinajstić information content (AvgIpc) is 2.85. The van der Waals surface area contributed by atoms with Crippen LogP contribution in [0.5, 0.6) is 0 Å². The number of aromatic amines is 1. The molecule has 4 rings (SSSR count). The number of hydrogen-bond donors (Lipinski definition) is 1. The molecule has 19 heavy (non-hydrogen) atoms. The van der Waals surface area contributed by atoms with Crippen molar-refractivity contribution in [2.45, 2.75) is 39.2 Å². The van der Waals surface area contributed by atoms with Gasteiger partial charge in [-0.05, 0) is 50.3 Å². The monoisotopic (exact) mass is 251 g/mol. The molecule has 2 aromatic heterocycles. The maximum Gasteiger partial charge on any atom is 0.236 e. The van der Waals surface area contributed by atoms with E-state index in [0.29, 0.717) is 0 Å². The Kier molecular flexibility index (Phi) is 2.37. The molecular weight excluding hydrogens is 232 g/mol. The van der Waals surface area contributed by atoms with Crippen LogP contribution in [0.2, 0.25) is 0 Å². The molecule has 2 heteroatoms. The van der Waals surface area contributed by atoms with Crippen molar-refractivity contribution < 1.29 is 4.57 Å². The summed E-state index contributed by atoms with van der Waals surface area (Å²) >= 11 is 0. The van der Waals surface area contributed by atoms with E-state index in [1.165, 1.54) is 53.2 Å². The Hall–Kier alpha value is -1.83. The molecule has 1 aromatic carbocycles. The molecule has 0 fully saturated rings. The molecule has 0 bridgehead atoms. The number of H-pyrrole nitrogens is 1. The molecular formula is C17H19N2+. The molecule has 0 unspecified atom stereocenters. The number of aromatic nitrogens is 2. The zero-order chi connectivity index (χ0) is 12.8. The van der Waals surface area contributed by atoms with Crippen molar-refractivity contribution in [2.75, 3.05) is 0 Å². The molecule has 1 aliphatic carbocycles. The molecule has 2 nitrogen and oxygen atoms in total. The Bertz CT molecular complexity index is 768. The molecule has 0 atom stereocenters. The molecule has 0 saturated heterocycles. The molecule has 2 heterocycles. The van der Waals surface area contributed by atoms with Gasteiger partial charge in [-0.25, -0.2) is 0 Å². The highest BCUT2D eigenvalue weighted by Crippen LogP contribution is 2.32. The van der Waals surface area contributed by atoms with Crippen LogP contribution < -0.4 is 4.57 Å². The van der Waals surface area contributed by atoms with Crippen molar-refractivity contribution in [3.8, 4) is 0 Å². The fourth-order valence-corrected chi connectivity index (χ4v) is 3.51. The first-order valence-corrected chi connectivity index (χ1v) is 7.33. The summed E-state index contributed by atoms with van der Waals surface area (Å²) in [6.45, 7) is 3.22. The second kappa shape index (κ2) is 4.09. The summed E-state index contributed by atoms with van der Waals surface area (Å²) < 4.78 is 2.35. The Morgan fingerprint density at radius 3 is 2.95 bits per heavy atom. The second-order valence-electron chi connectivity index (χ2n) is 5.51. The number of pyridine rings is 1. The standard InChI is InChI=1S/C17H18N2/c1-2-19-11-5-6-12-9-10-14-13-7-3-4-8-15(13)18-16(14)17(12)19/h5-6,9-11H,2-4,7-8H2,1H3/p+1. The summed E-state index contributed by atoms with van der Waals surface area (Å²) in [4.78, 5) is 3.71. The first kappa shape index (κ1) is 11.0. The van der Waals surface area contributed by atoms with Crippen molar-refractivity contribution in [3.05, 3.63) is 41.7 Å². The minimum atomic E-state index is 1.01. The third-order valence-corrected chi connectivity index (χ3v) is 4.45. The van der Waals surface area contributed by atoms with E-state index in [-0.39, 0.29) is 0 Å². The molecule has 3 aromatic rings. The van der Waals surface area contributed by atoms with E-state index >= 15 is 0 Å². The maximum atomic E-state index is 3.71. The van der Waals surface area contributed by atoms with E-state index in [4.69, 9.17) is 0 Å². The first-order valence-electron chi connectivity index (χ1n) is 7.33. The normalized spacial score (nSPS) is 15.0. The van der Waals surface area contributed by atoms with Crippen molar-refractivity contribution in [1.29, 1.82) is 0 Å². The highest BCUT2D eigenvalue weighted by Gasteiger charge is 2.20. The molecule has 1 N–H and O–H groups in total. The van der Waals surface area contributed by atoms with Crippen LogP contribution in [-0.4, -0.2) is 4.98 Å². The molecule has 0 amide bonds. The number of fused-ring (bicyclic) bond motifs is 5. The van der Waals surface area contributed by atoms with E-state index < -0.39 is 0 Å². The predicted octanol–water partition coefficient (Wildman–Crippen LogP) is 3.51. The van der Waals surface area contributed by atoms with Crippen LogP contribution >= 0.6 is 0 Å². The zero-order valence-electron chi connectivity index (χ0n) is 11.4. The van der Waals surface area contributed by atoms with Gasteiger partial charge in [-0.15, -0.1) is 0 Å². The lowest BCUT2D eigenvalue weighted by molar-refractivity contribution is -0.667. The van der Waals surface area contributed by atoms with Gasteiger partial charge >= 0.3 is 0 Å². The SMILES string of the molecule is CC[n+]1cccc2ccc3c4c([nH]c3c21)CCCC4. The lowest BCUT2D eigenvalue weighted by Crippen LogP contribution is -2.32. The fraction of sp³-hybridized carbons (Fsp3) is 0.353. The van der Waals surface area contributed by atoms with E-state index in [9.17, 15) is 0 Å². The first-order chi connectivity index (χ1) is 9.38. The lowest BCUT2D eigenvalue weighted by atomic mass is 9.95. The number of aryl methyl sites for hydroxylation is 3. The van der Waals surface area contributed by atoms with Gasteiger partial charge in [0.05, 0.1) is 0 Å². The minimum absolute atomic E-state index is 1.01. The number of nitrogens with one attached hydrogen (secondary N) is 1. The van der Waals surface area contributed by atoms with Crippen LogP contribution in [-0.2, 0) is 19.4 Å². The third-order valence-electron chi connectivity index (χ3n) is 4.45.